The highest BCUT2D eigenvalue weighted by Crippen LogP contribution is 2.16. The summed E-state index contributed by atoms with van der Waals surface area (Å²) in [5, 5.41) is 9.04. The standard InChI is InChI=1S/C13H24N4O.HI/c1-3-9-15-13(14-2)16-10-12(18)17-11-7-5-4-6-8-11;/h3,11H,1,4-10H2,2H3,(H,17,18)(H2,14,15,16);1H. The lowest BCUT2D eigenvalue weighted by Gasteiger charge is -2.23. The van der Waals surface area contributed by atoms with Gasteiger partial charge in [-0.05, 0) is 12.8 Å². The van der Waals surface area contributed by atoms with Gasteiger partial charge in [-0.1, -0.05) is 25.3 Å². The molecule has 110 valence electrons. The number of guanidine groups is 1. The molecule has 0 atom stereocenters. The summed E-state index contributed by atoms with van der Waals surface area (Å²) >= 11 is 0. The molecule has 1 rings (SSSR count). The Morgan fingerprint density at radius 1 is 1.32 bits per heavy atom. The molecule has 0 saturated heterocycles. The van der Waals surface area contributed by atoms with Gasteiger partial charge in [-0.2, -0.15) is 0 Å². The van der Waals surface area contributed by atoms with Crippen molar-refractivity contribution in [1.29, 1.82) is 0 Å². The summed E-state index contributed by atoms with van der Waals surface area (Å²) in [5.41, 5.74) is 0. The molecule has 0 radical (unpaired) electrons. The molecule has 3 N–H and O–H groups in total. The molecule has 0 bridgehead atoms. The van der Waals surface area contributed by atoms with Gasteiger partial charge in [-0.15, -0.1) is 30.6 Å². The van der Waals surface area contributed by atoms with Crippen molar-refractivity contribution in [1.82, 2.24) is 16.0 Å². The van der Waals surface area contributed by atoms with Gasteiger partial charge in [0.25, 0.3) is 0 Å². The average Bonchev–Trinajstić information content (AvgIpc) is 2.40. The lowest BCUT2D eigenvalue weighted by Crippen LogP contribution is -2.46. The van der Waals surface area contributed by atoms with Crippen LogP contribution in [0.2, 0.25) is 0 Å². The van der Waals surface area contributed by atoms with Gasteiger partial charge >= 0.3 is 0 Å². The van der Waals surface area contributed by atoms with E-state index in [1.54, 1.807) is 13.1 Å². The summed E-state index contributed by atoms with van der Waals surface area (Å²) in [7, 11) is 1.68. The van der Waals surface area contributed by atoms with Crippen LogP contribution in [0, 0.1) is 0 Å². The Hall–Kier alpha value is -0.790. The Bertz CT molecular complexity index is 301. The number of carbonyl (C=O) groups excluding carboxylic acids is 1. The predicted molar refractivity (Wildman–Crippen MR) is 90.0 cm³/mol. The molecule has 0 aromatic carbocycles. The fraction of sp³-hybridized carbons (Fsp3) is 0.692. The van der Waals surface area contributed by atoms with Crippen LogP contribution in [0.4, 0.5) is 0 Å². The van der Waals surface area contributed by atoms with E-state index >= 15 is 0 Å². The fourth-order valence-corrected chi connectivity index (χ4v) is 2.08. The number of nitrogens with zero attached hydrogens (tertiary/aromatic N) is 1. The average molecular weight is 380 g/mol. The Balaban J connectivity index is 0.00000324. The molecule has 0 unspecified atom stereocenters. The first-order valence-corrected chi connectivity index (χ1v) is 6.61. The smallest absolute Gasteiger partial charge is 0.239 e. The van der Waals surface area contributed by atoms with Gasteiger partial charge in [-0.25, -0.2) is 0 Å². The summed E-state index contributed by atoms with van der Waals surface area (Å²) < 4.78 is 0. The third-order valence-electron chi connectivity index (χ3n) is 3.02. The number of halogens is 1. The third kappa shape index (κ3) is 8.07. The van der Waals surface area contributed by atoms with Crippen LogP contribution in [0.25, 0.3) is 0 Å². The third-order valence-corrected chi connectivity index (χ3v) is 3.02. The van der Waals surface area contributed by atoms with Gasteiger partial charge in [0.1, 0.15) is 0 Å². The molecule has 1 aliphatic carbocycles. The molecule has 1 saturated carbocycles. The van der Waals surface area contributed by atoms with Crippen molar-refractivity contribution in [3.8, 4) is 0 Å². The van der Waals surface area contributed by atoms with Gasteiger partial charge < -0.3 is 16.0 Å². The lowest BCUT2D eigenvalue weighted by atomic mass is 9.95. The molecular formula is C13H25IN4O. The van der Waals surface area contributed by atoms with Crippen molar-refractivity contribution in [3.05, 3.63) is 12.7 Å². The molecule has 6 heteroatoms. The van der Waals surface area contributed by atoms with Gasteiger partial charge in [0.15, 0.2) is 5.96 Å². The van der Waals surface area contributed by atoms with E-state index in [-0.39, 0.29) is 36.4 Å². The van der Waals surface area contributed by atoms with Crippen molar-refractivity contribution in [2.24, 2.45) is 4.99 Å². The minimum absolute atomic E-state index is 0. The van der Waals surface area contributed by atoms with Crippen LogP contribution in [0.1, 0.15) is 32.1 Å². The van der Waals surface area contributed by atoms with Crippen molar-refractivity contribution in [2.75, 3.05) is 20.1 Å². The predicted octanol–water partition coefficient (Wildman–Crippen LogP) is 1.40. The Morgan fingerprint density at radius 2 is 2.00 bits per heavy atom. The van der Waals surface area contributed by atoms with Crippen LogP contribution >= 0.6 is 24.0 Å². The minimum Gasteiger partial charge on any atom is -0.353 e. The van der Waals surface area contributed by atoms with E-state index < -0.39 is 0 Å². The van der Waals surface area contributed by atoms with Crippen LogP contribution in [0.5, 0.6) is 0 Å². The first-order chi connectivity index (χ1) is 8.76. The molecule has 0 aromatic heterocycles. The van der Waals surface area contributed by atoms with Crippen molar-refractivity contribution < 1.29 is 4.79 Å². The van der Waals surface area contributed by atoms with Gasteiger partial charge in [-0.3, -0.25) is 9.79 Å². The van der Waals surface area contributed by atoms with Crippen LogP contribution in [-0.4, -0.2) is 38.0 Å². The van der Waals surface area contributed by atoms with E-state index in [1.165, 1.54) is 19.3 Å². The molecular weight excluding hydrogens is 355 g/mol. The second-order valence-corrected chi connectivity index (χ2v) is 4.50. The van der Waals surface area contributed by atoms with E-state index in [9.17, 15) is 4.79 Å². The van der Waals surface area contributed by atoms with Gasteiger partial charge in [0.05, 0.1) is 6.54 Å². The zero-order valence-corrected chi connectivity index (χ0v) is 13.9. The maximum atomic E-state index is 11.7. The Kier molecular flexibility index (Phi) is 10.6. The second kappa shape index (κ2) is 11.1. The van der Waals surface area contributed by atoms with Crippen LogP contribution in [0.15, 0.2) is 17.6 Å². The lowest BCUT2D eigenvalue weighted by molar-refractivity contribution is -0.120. The van der Waals surface area contributed by atoms with E-state index in [1.807, 2.05) is 0 Å². The Labute approximate surface area is 132 Å². The molecule has 0 aliphatic heterocycles. The zero-order chi connectivity index (χ0) is 13.2. The molecule has 0 heterocycles. The summed E-state index contributed by atoms with van der Waals surface area (Å²) in [6.45, 7) is 4.50. The number of hydrogen-bond donors (Lipinski definition) is 3. The normalized spacial score (nSPS) is 16.2. The summed E-state index contributed by atoms with van der Waals surface area (Å²) in [4.78, 5) is 15.7. The highest BCUT2D eigenvalue weighted by molar-refractivity contribution is 14.0. The Morgan fingerprint density at radius 3 is 2.58 bits per heavy atom. The second-order valence-electron chi connectivity index (χ2n) is 4.50. The molecule has 1 fully saturated rings. The molecule has 1 aliphatic rings. The highest BCUT2D eigenvalue weighted by atomic mass is 127. The minimum atomic E-state index is 0. The van der Waals surface area contributed by atoms with Crippen molar-refractivity contribution in [3.63, 3.8) is 0 Å². The molecule has 19 heavy (non-hydrogen) atoms. The van der Waals surface area contributed by atoms with Crippen LogP contribution < -0.4 is 16.0 Å². The monoisotopic (exact) mass is 380 g/mol. The highest BCUT2D eigenvalue weighted by Gasteiger charge is 2.15. The number of amides is 1. The fourth-order valence-electron chi connectivity index (χ4n) is 2.08. The maximum absolute atomic E-state index is 11.7. The summed E-state index contributed by atoms with van der Waals surface area (Å²) in [6, 6.07) is 0.358. The summed E-state index contributed by atoms with van der Waals surface area (Å²) in [6.07, 6.45) is 7.70. The van der Waals surface area contributed by atoms with Gasteiger partial charge in [0.2, 0.25) is 5.91 Å². The maximum Gasteiger partial charge on any atom is 0.239 e. The quantitative estimate of drug-likeness (QED) is 0.293. The first-order valence-electron chi connectivity index (χ1n) is 6.61. The number of hydrogen-bond acceptors (Lipinski definition) is 2. The van der Waals surface area contributed by atoms with E-state index in [4.69, 9.17) is 0 Å². The SMILES string of the molecule is C=CCNC(=NC)NCC(=O)NC1CCCCC1.I. The van der Waals surface area contributed by atoms with E-state index in [0.29, 0.717) is 18.5 Å². The van der Waals surface area contributed by atoms with Crippen molar-refractivity contribution in [2.45, 2.75) is 38.1 Å². The zero-order valence-electron chi connectivity index (χ0n) is 11.6. The van der Waals surface area contributed by atoms with E-state index in [0.717, 1.165) is 12.8 Å². The topological polar surface area (TPSA) is 65.5 Å². The number of rotatable bonds is 5. The number of aliphatic imine (C=N–C) groups is 1. The summed E-state index contributed by atoms with van der Waals surface area (Å²) in [5.74, 6) is 0.650. The van der Waals surface area contributed by atoms with Gasteiger partial charge in [0, 0.05) is 19.6 Å². The number of carbonyl (C=O) groups is 1. The van der Waals surface area contributed by atoms with Crippen LogP contribution in [-0.2, 0) is 4.79 Å². The number of nitrogens with one attached hydrogen (secondary N) is 3. The molecule has 5 nitrogen and oxygen atoms in total. The van der Waals surface area contributed by atoms with Crippen LogP contribution in [0.3, 0.4) is 0 Å². The molecule has 0 spiro atoms. The van der Waals surface area contributed by atoms with Crippen molar-refractivity contribution >= 4 is 35.8 Å². The first kappa shape index (κ1) is 18.2. The molecule has 1 amide bonds. The molecule has 0 aromatic rings. The largest absolute Gasteiger partial charge is 0.353 e. The van der Waals surface area contributed by atoms with E-state index in [2.05, 4.69) is 27.5 Å².